The Bertz CT molecular complexity index is 646. The van der Waals surface area contributed by atoms with Crippen LogP contribution in [0.4, 0.5) is 0 Å². The van der Waals surface area contributed by atoms with Crippen molar-refractivity contribution in [3.63, 3.8) is 0 Å². The quantitative estimate of drug-likeness (QED) is 0.915. The number of carbonyl (C=O) groups excluding carboxylic acids is 1. The monoisotopic (exact) mass is 303 g/mol. The summed E-state index contributed by atoms with van der Waals surface area (Å²) in [5, 5.41) is 4.99. The zero-order valence-electron chi connectivity index (χ0n) is 12.9. The molecule has 1 aromatic heterocycles. The van der Waals surface area contributed by atoms with E-state index in [1.165, 1.54) is 16.0 Å². The number of nitrogens with one attached hydrogen (secondary N) is 1. The second-order valence-electron chi connectivity index (χ2n) is 5.28. The molecule has 1 heterocycles. The van der Waals surface area contributed by atoms with Crippen LogP contribution in [0.2, 0.25) is 0 Å². The summed E-state index contributed by atoms with van der Waals surface area (Å²) in [5.41, 5.74) is 4.60. The average Bonchev–Trinajstić information content (AvgIpc) is 2.77. The fourth-order valence-corrected chi connectivity index (χ4v) is 2.87. The van der Waals surface area contributed by atoms with E-state index in [-0.39, 0.29) is 12.5 Å². The molecule has 3 nitrogen and oxygen atoms in total. The minimum Gasteiger partial charge on any atom is -0.483 e. The van der Waals surface area contributed by atoms with Crippen LogP contribution < -0.4 is 10.1 Å². The first-order valence-corrected chi connectivity index (χ1v) is 7.85. The molecule has 0 saturated heterocycles. The molecule has 2 aromatic rings. The molecule has 0 atom stereocenters. The van der Waals surface area contributed by atoms with Gasteiger partial charge in [0.05, 0.1) is 0 Å². The summed E-state index contributed by atoms with van der Waals surface area (Å²) in [6, 6.07) is 5.99. The van der Waals surface area contributed by atoms with Crippen molar-refractivity contribution in [2.24, 2.45) is 0 Å². The van der Waals surface area contributed by atoms with Gasteiger partial charge >= 0.3 is 0 Å². The second-order valence-corrected chi connectivity index (χ2v) is 6.36. The van der Waals surface area contributed by atoms with Crippen LogP contribution in [-0.2, 0) is 11.3 Å². The molecule has 1 N–H and O–H groups in total. The largest absolute Gasteiger partial charge is 0.483 e. The first-order chi connectivity index (χ1) is 9.97. The zero-order chi connectivity index (χ0) is 15.4. The number of carbonyl (C=O) groups is 1. The minimum atomic E-state index is -0.0980. The van der Waals surface area contributed by atoms with Gasteiger partial charge in [0.1, 0.15) is 5.75 Å². The van der Waals surface area contributed by atoms with Gasteiger partial charge in [-0.05, 0) is 61.4 Å². The molecule has 112 valence electrons. The highest BCUT2D eigenvalue weighted by atomic mass is 32.1. The number of benzene rings is 1. The lowest BCUT2D eigenvalue weighted by atomic mass is 10.1. The van der Waals surface area contributed by atoms with Gasteiger partial charge in [0, 0.05) is 11.4 Å². The lowest BCUT2D eigenvalue weighted by Crippen LogP contribution is -2.28. The second kappa shape index (κ2) is 6.76. The summed E-state index contributed by atoms with van der Waals surface area (Å²) in [6.45, 7) is 8.77. The normalized spacial score (nSPS) is 10.5. The molecule has 0 bridgehead atoms. The van der Waals surface area contributed by atoms with E-state index >= 15 is 0 Å². The number of amides is 1. The topological polar surface area (TPSA) is 38.3 Å². The first-order valence-electron chi connectivity index (χ1n) is 6.97. The third-order valence-electron chi connectivity index (χ3n) is 3.57. The Labute approximate surface area is 130 Å². The van der Waals surface area contributed by atoms with Crippen LogP contribution in [0.15, 0.2) is 23.6 Å². The van der Waals surface area contributed by atoms with Gasteiger partial charge in [-0.15, -0.1) is 11.3 Å². The summed E-state index contributed by atoms with van der Waals surface area (Å²) < 4.78 is 5.59. The highest BCUT2D eigenvalue weighted by Gasteiger charge is 2.08. The van der Waals surface area contributed by atoms with Crippen molar-refractivity contribution in [3.8, 4) is 5.75 Å². The van der Waals surface area contributed by atoms with Crippen LogP contribution >= 0.6 is 11.3 Å². The average molecular weight is 303 g/mol. The highest BCUT2D eigenvalue weighted by molar-refractivity contribution is 7.10. The van der Waals surface area contributed by atoms with Crippen molar-refractivity contribution >= 4 is 17.2 Å². The molecular formula is C17H21NO2S. The lowest BCUT2D eigenvalue weighted by Gasteiger charge is -2.10. The van der Waals surface area contributed by atoms with Crippen LogP contribution in [0.25, 0.3) is 0 Å². The van der Waals surface area contributed by atoms with Gasteiger partial charge in [-0.1, -0.05) is 12.1 Å². The maximum Gasteiger partial charge on any atom is 0.258 e. The molecule has 0 spiro atoms. The van der Waals surface area contributed by atoms with Crippen molar-refractivity contribution in [3.05, 3.63) is 50.7 Å². The van der Waals surface area contributed by atoms with Crippen LogP contribution in [0.3, 0.4) is 0 Å². The number of ether oxygens (including phenoxy) is 1. The van der Waals surface area contributed by atoms with E-state index in [0.29, 0.717) is 6.54 Å². The van der Waals surface area contributed by atoms with E-state index in [1.54, 1.807) is 11.3 Å². The van der Waals surface area contributed by atoms with E-state index in [4.69, 9.17) is 4.74 Å². The van der Waals surface area contributed by atoms with Crippen LogP contribution in [0.5, 0.6) is 5.75 Å². The first kappa shape index (κ1) is 15.6. The Hall–Kier alpha value is -1.81. The van der Waals surface area contributed by atoms with Crippen molar-refractivity contribution in [2.75, 3.05) is 6.61 Å². The molecular weight excluding hydrogens is 282 g/mol. The zero-order valence-corrected chi connectivity index (χ0v) is 13.8. The number of hydrogen-bond acceptors (Lipinski definition) is 3. The van der Waals surface area contributed by atoms with Gasteiger partial charge in [0.25, 0.3) is 5.91 Å². The van der Waals surface area contributed by atoms with E-state index in [1.807, 2.05) is 32.0 Å². The molecule has 0 unspecified atom stereocenters. The molecule has 0 fully saturated rings. The summed E-state index contributed by atoms with van der Waals surface area (Å²) in [7, 11) is 0. The summed E-state index contributed by atoms with van der Waals surface area (Å²) in [4.78, 5) is 13.2. The third-order valence-corrected chi connectivity index (χ3v) is 4.63. The van der Waals surface area contributed by atoms with Crippen molar-refractivity contribution < 1.29 is 9.53 Å². The van der Waals surface area contributed by atoms with Crippen molar-refractivity contribution in [1.82, 2.24) is 5.32 Å². The van der Waals surface area contributed by atoms with E-state index in [2.05, 4.69) is 24.5 Å². The maximum atomic E-state index is 11.9. The van der Waals surface area contributed by atoms with Gasteiger partial charge in [0.15, 0.2) is 6.61 Å². The van der Waals surface area contributed by atoms with Gasteiger partial charge in [-0.25, -0.2) is 0 Å². The Morgan fingerprint density at radius 1 is 1.24 bits per heavy atom. The molecule has 0 aliphatic rings. The smallest absolute Gasteiger partial charge is 0.258 e. The molecule has 0 saturated carbocycles. The fraction of sp³-hybridized carbons (Fsp3) is 0.353. The van der Waals surface area contributed by atoms with Gasteiger partial charge in [-0.2, -0.15) is 0 Å². The van der Waals surface area contributed by atoms with Crippen LogP contribution in [0.1, 0.15) is 27.1 Å². The number of rotatable bonds is 5. The van der Waals surface area contributed by atoms with Crippen molar-refractivity contribution in [2.45, 2.75) is 34.2 Å². The van der Waals surface area contributed by atoms with Crippen LogP contribution in [-0.4, -0.2) is 12.5 Å². The number of thiophene rings is 1. The predicted octanol–water partition coefficient (Wildman–Crippen LogP) is 3.68. The van der Waals surface area contributed by atoms with Gasteiger partial charge in [0.2, 0.25) is 0 Å². The van der Waals surface area contributed by atoms with Crippen molar-refractivity contribution in [1.29, 1.82) is 0 Å². The van der Waals surface area contributed by atoms with E-state index in [0.717, 1.165) is 16.9 Å². The molecule has 1 aromatic carbocycles. The van der Waals surface area contributed by atoms with E-state index < -0.39 is 0 Å². The van der Waals surface area contributed by atoms with Gasteiger partial charge in [-0.3, -0.25) is 4.79 Å². The molecule has 4 heteroatoms. The molecule has 0 radical (unpaired) electrons. The Morgan fingerprint density at radius 2 is 2.00 bits per heavy atom. The Kier molecular flexibility index (Phi) is 5.02. The van der Waals surface area contributed by atoms with Crippen LogP contribution in [0, 0.1) is 27.7 Å². The molecule has 0 aliphatic heterocycles. The van der Waals surface area contributed by atoms with Gasteiger partial charge < -0.3 is 10.1 Å². The SMILES string of the molecule is Cc1ccc(C)c(OCC(=O)NCc2csc(C)c2C)c1. The highest BCUT2D eigenvalue weighted by Crippen LogP contribution is 2.20. The molecule has 21 heavy (non-hydrogen) atoms. The number of hydrogen-bond donors (Lipinski definition) is 1. The summed E-state index contributed by atoms with van der Waals surface area (Å²) in [6.07, 6.45) is 0. The summed E-state index contributed by atoms with van der Waals surface area (Å²) >= 11 is 1.71. The maximum absolute atomic E-state index is 11.9. The molecule has 1 amide bonds. The Balaban J connectivity index is 1.85. The standard InChI is InChI=1S/C17H21NO2S/c1-11-5-6-12(2)16(7-11)20-9-17(19)18-8-15-10-21-14(4)13(15)3/h5-7,10H,8-9H2,1-4H3,(H,18,19). The fourth-order valence-electron chi connectivity index (χ4n) is 1.99. The minimum absolute atomic E-state index is 0.0481. The summed E-state index contributed by atoms with van der Waals surface area (Å²) in [5.74, 6) is 0.673. The lowest BCUT2D eigenvalue weighted by molar-refractivity contribution is -0.123. The number of aryl methyl sites for hydroxylation is 3. The van der Waals surface area contributed by atoms with E-state index in [9.17, 15) is 4.79 Å². The predicted molar refractivity (Wildman–Crippen MR) is 87.1 cm³/mol. The molecule has 2 rings (SSSR count). The third kappa shape index (κ3) is 4.08. The molecule has 0 aliphatic carbocycles. The Morgan fingerprint density at radius 3 is 2.67 bits per heavy atom.